The van der Waals surface area contributed by atoms with Gasteiger partial charge in [-0.1, -0.05) is 30.3 Å². The van der Waals surface area contributed by atoms with Crippen molar-refractivity contribution < 1.29 is 8.91 Å². The van der Waals surface area contributed by atoms with E-state index in [0.717, 1.165) is 0 Å². The van der Waals surface area contributed by atoms with Crippen LogP contribution in [0.3, 0.4) is 0 Å². The molecule has 2 atom stereocenters. The Morgan fingerprint density at radius 2 is 1.95 bits per heavy atom. The van der Waals surface area contributed by atoms with Crippen molar-refractivity contribution in [1.82, 2.24) is 15.5 Å². The summed E-state index contributed by atoms with van der Waals surface area (Å²) in [5, 5.41) is 7.08. The van der Waals surface area contributed by atoms with Gasteiger partial charge in [0.1, 0.15) is 5.82 Å². The van der Waals surface area contributed by atoms with Crippen LogP contribution in [0.2, 0.25) is 0 Å². The lowest BCUT2D eigenvalue weighted by Crippen LogP contribution is -2.24. The Hall–Kier alpha value is -1.46. The SMILES string of the molecule is CNC(C)Cc1noc(CC(C)c2ccccc2F)n1.Cl. The third kappa shape index (κ3) is 4.79. The molecule has 1 aromatic heterocycles. The van der Waals surface area contributed by atoms with Gasteiger partial charge in [-0.05, 0) is 31.5 Å². The molecule has 0 saturated carbocycles. The van der Waals surface area contributed by atoms with Crippen LogP contribution in [0.25, 0.3) is 0 Å². The zero-order chi connectivity index (χ0) is 14.5. The number of hydrogen-bond donors (Lipinski definition) is 1. The summed E-state index contributed by atoms with van der Waals surface area (Å²) < 4.78 is 18.9. The molecule has 0 aliphatic heterocycles. The van der Waals surface area contributed by atoms with Gasteiger partial charge in [-0.25, -0.2) is 4.39 Å². The number of likely N-dealkylation sites (N-methyl/N-ethyl adjacent to an activating group) is 1. The van der Waals surface area contributed by atoms with E-state index in [1.54, 1.807) is 12.1 Å². The molecule has 2 unspecified atom stereocenters. The van der Waals surface area contributed by atoms with Gasteiger partial charge in [0.15, 0.2) is 5.82 Å². The first kappa shape index (κ1) is 17.6. The maximum absolute atomic E-state index is 13.7. The second-order valence-corrected chi connectivity index (χ2v) is 5.12. The summed E-state index contributed by atoms with van der Waals surface area (Å²) in [5.74, 6) is 1.05. The van der Waals surface area contributed by atoms with Crippen molar-refractivity contribution in [2.45, 2.75) is 38.6 Å². The van der Waals surface area contributed by atoms with E-state index in [4.69, 9.17) is 4.52 Å². The Morgan fingerprint density at radius 3 is 2.62 bits per heavy atom. The summed E-state index contributed by atoms with van der Waals surface area (Å²) in [6.07, 6.45) is 1.26. The van der Waals surface area contributed by atoms with E-state index < -0.39 is 0 Å². The molecule has 2 rings (SSSR count). The Bertz CT molecular complexity index is 561. The van der Waals surface area contributed by atoms with Gasteiger partial charge in [0, 0.05) is 18.9 Å². The molecule has 0 bridgehead atoms. The molecule has 0 fully saturated rings. The highest BCUT2D eigenvalue weighted by Gasteiger charge is 2.16. The highest BCUT2D eigenvalue weighted by atomic mass is 35.5. The second kappa shape index (κ2) is 8.10. The number of rotatable bonds is 6. The topological polar surface area (TPSA) is 51.0 Å². The number of benzene rings is 1. The van der Waals surface area contributed by atoms with Gasteiger partial charge in [-0.3, -0.25) is 0 Å². The average molecular weight is 314 g/mol. The van der Waals surface area contributed by atoms with Crippen LogP contribution in [-0.2, 0) is 12.8 Å². The normalized spacial score (nSPS) is 13.5. The average Bonchev–Trinajstić information content (AvgIpc) is 2.86. The second-order valence-electron chi connectivity index (χ2n) is 5.12. The first-order chi connectivity index (χ1) is 9.60. The summed E-state index contributed by atoms with van der Waals surface area (Å²) in [6.45, 7) is 4.01. The summed E-state index contributed by atoms with van der Waals surface area (Å²) in [7, 11) is 1.89. The van der Waals surface area contributed by atoms with Gasteiger partial charge in [-0.2, -0.15) is 4.98 Å². The molecule has 0 radical (unpaired) electrons. The molecule has 1 N–H and O–H groups in total. The molecule has 4 nitrogen and oxygen atoms in total. The van der Waals surface area contributed by atoms with Crippen LogP contribution in [0.15, 0.2) is 28.8 Å². The maximum atomic E-state index is 13.7. The van der Waals surface area contributed by atoms with Gasteiger partial charge in [0.2, 0.25) is 5.89 Å². The van der Waals surface area contributed by atoms with Crippen molar-refractivity contribution in [2.75, 3.05) is 7.05 Å². The van der Waals surface area contributed by atoms with Gasteiger partial charge in [0.05, 0.1) is 0 Å². The minimum absolute atomic E-state index is 0. The van der Waals surface area contributed by atoms with Gasteiger partial charge < -0.3 is 9.84 Å². The largest absolute Gasteiger partial charge is 0.339 e. The summed E-state index contributed by atoms with van der Waals surface area (Å²) in [4.78, 5) is 4.35. The number of halogens is 2. The smallest absolute Gasteiger partial charge is 0.227 e. The van der Waals surface area contributed by atoms with E-state index in [2.05, 4.69) is 22.4 Å². The van der Waals surface area contributed by atoms with Gasteiger partial charge in [0.25, 0.3) is 0 Å². The summed E-state index contributed by atoms with van der Waals surface area (Å²) in [6, 6.07) is 7.09. The fraction of sp³-hybridized carbons (Fsp3) is 0.467. The Labute approximate surface area is 130 Å². The Kier molecular flexibility index (Phi) is 6.78. The van der Waals surface area contributed by atoms with Crippen LogP contribution in [-0.4, -0.2) is 23.2 Å². The molecule has 0 spiro atoms. The third-order valence-corrected chi connectivity index (χ3v) is 3.41. The predicted octanol–water partition coefficient (Wildman–Crippen LogP) is 3.13. The molecule has 0 aliphatic carbocycles. The molecule has 0 amide bonds. The third-order valence-electron chi connectivity index (χ3n) is 3.41. The molecule has 21 heavy (non-hydrogen) atoms. The predicted molar refractivity (Wildman–Crippen MR) is 82.3 cm³/mol. The minimum atomic E-state index is -0.191. The van der Waals surface area contributed by atoms with Crippen LogP contribution in [0.4, 0.5) is 4.39 Å². The lowest BCUT2D eigenvalue weighted by Gasteiger charge is -2.09. The molecule has 2 aromatic rings. The first-order valence-electron chi connectivity index (χ1n) is 6.83. The van der Waals surface area contributed by atoms with Crippen molar-refractivity contribution in [2.24, 2.45) is 0 Å². The Balaban J connectivity index is 0.00000220. The summed E-state index contributed by atoms with van der Waals surface area (Å²) in [5.41, 5.74) is 0.677. The maximum Gasteiger partial charge on any atom is 0.227 e. The molecular formula is C15H21ClFN3O. The van der Waals surface area contributed by atoms with Crippen molar-refractivity contribution in [3.8, 4) is 0 Å². The highest BCUT2D eigenvalue weighted by Crippen LogP contribution is 2.22. The molecule has 0 saturated heterocycles. The first-order valence-corrected chi connectivity index (χ1v) is 6.83. The monoisotopic (exact) mass is 313 g/mol. The number of nitrogens with one attached hydrogen (secondary N) is 1. The van der Waals surface area contributed by atoms with Gasteiger partial charge >= 0.3 is 0 Å². The number of aromatic nitrogens is 2. The molecule has 116 valence electrons. The highest BCUT2D eigenvalue weighted by molar-refractivity contribution is 5.85. The summed E-state index contributed by atoms with van der Waals surface area (Å²) >= 11 is 0. The van der Waals surface area contributed by atoms with Crippen LogP contribution in [0.5, 0.6) is 0 Å². The zero-order valence-corrected chi connectivity index (χ0v) is 13.3. The minimum Gasteiger partial charge on any atom is -0.339 e. The number of nitrogens with zero attached hydrogens (tertiary/aromatic N) is 2. The van der Waals surface area contributed by atoms with E-state index in [-0.39, 0.29) is 24.1 Å². The van der Waals surface area contributed by atoms with E-state index >= 15 is 0 Å². The molecule has 6 heteroatoms. The van der Waals surface area contributed by atoms with E-state index in [9.17, 15) is 4.39 Å². The lowest BCUT2D eigenvalue weighted by molar-refractivity contribution is 0.364. The van der Waals surface area contributed by atoms with Crippen molar-refractivity contribution >= 4 is 12.4 Å². The zero-order valence-electron chi connectivity index (χ0n) is 12.5. The number of hydrogen-bond acceptors (Lipinski definition) is 4. The molecular weight excluding hydrogens is 293 g/mol. The molecule has 0 aliphatic rings. The standard InChI is InChI=1S/C15H20FN3O.ClH/c1-10(12-6-4-5-7-13(12)16)8-15-18-14(19-20-15)9-11(2)17-3;/h4-7,10-11,17H,8-9H2,1-3H3;1H. The van der Waals surface area contributed by atoms with Crippen LogP contribution >= 0.6 is 12.4 Å². The quantitative estimate of drug-likeness (QED) is 0.890. The molecule has 1 heterocycles. The van der Waals surface area contributed by atoms with Crippen molar-refractivity contribution in [3.63, 3.8) is 0 Å². The lowest BCUT2D eigenvalue weighted by atomic mass is 9.97. The van der Waals surface area contributed by atoms with Crippen molar-refractivity contribution in [1.29, 1.82) is 0 Å². The van der Waals surface area contributed by atoms with Crippen molar-refractivity contribution in [3.05, 3.63) is 47.4 Å². The van der Waals surface area contributed by atoms with Gasteiger partial charge in [-0.15, -0.1) is 12.4 Å². The Morgan fingerprint density at radius 1 is 1.24 bits per heavy atom. The van der Waals surface area contributed by atoms with E-state index in [1.807, 2.05) is 20.0 Å². The van der Waals surface area contributed by atoms with Crippen LogP contribution in [0, 0.1) is 5.82 Å². The fourth-order valence-electron chi connectivity index (χ4n) is 2.08. The fourth-order valence-corrected chi connectivity index (χ4v) is 2.08. The van der Waals surface area contributed by atoms with Crippen LogP contribution in [0.1, 0.15) is 37.0 Å². The van der Waals surface area contributed by atoms with Crippen LogP contribution < -0.4 is 5.32 Å². The van der Waals surface area contributed by atoms with E-state index in [1.165, 1.54) is 6.07 Å². The van der Waals surface area contributed by atoms with E-state index in [0.29, 0.717) is 36.2 Å². The molecule has 1 aromatic carbocycles.